The number of nitrogens with one attached hydrogen (secondary N) is 1. The number of halogens is 3. The molecule has 0 bridgehead atoms. The lowest BCUT2D eigenvalue weighted by atomic mass is 9.88. The Morgan fingerprint density at radius 1 is 1.12 bits per heavy atom. The summed E-state index contributed by atoms with van der Waals surface area (Å²) in [6.07, 6.45) is -6.12. The first-order valence-corrected chi connectivity index (χ1v) is 7.60. The molecule has 0 aromatic heterocycles. The summed E-state index contributed by atoms with van der Waals surface area (Å²) >= 11 is 0. The van der Waals surface area contributed by atoms with Crippen molar-refractivity contribution in [3.05, 3.63) is 48.0 Å². The normalized spacial score (nSPS) is 13.8. The smallest absolute Gasteiger partial charge is 0.387 e. The summed E-state index contributed by atoms with van der Waals surface area (Å²) in [4.78, 5) is 11.7. The number of benzene rings is 2. The third-order valence-corrected chi connectivity index (χ3v) is 4.02. The topological polar surface area (TPSA) is 49.3 Å². The van der Waals surface area contributed by atoms with Gasteiger partial charge in [0.1, 0.15) is 0 Å². The van der Waals surface area contributed by atoms with Gasteiger partial charge in [0.25, 0.3) is 0 Å². The number of hydrogen-bond acceptors (Lipinski definition) is 2. The van der Waals surface area contributed by atoms with Gasteiger partial charge in [-0.3, -0.25) is 4.79 Å². The number of alkyl halides is 3. The molecule has 0 unspecified atom stereocenters. The average Bonchev–Trinajstić information content (AvgIpc) is 2.50. The maximum atomic E-state index is 12.8. The monoisotopic (exact) mass is 339 g/mol. The summed E-state index contributed by atoms with van der Waals surface area (Å²) in [5.41, 5.74) is -1.51. The van der Waals surface area contributed by atoms with Crippen molar-refractivity contribution in [2.75, 3.05) is 6.54 Å². The van der Waals surface area contributed by atoms with Crippen LogP contribution in [0, 0.1) is 5.41 Å². The van der Waals surface area contributed by atoms with E-state index in [4.69, 9.17) is 0 Å². The zero-order chi connectivity index (χ0) is 18.0. The van der Waals surface area contributed by atoms with E-state index < -0.39 is 30.0 Å². The molecule has 130 valence electrons. The maximum Gasteiger partial charge on any atom is 0.394 e. The fourth-order valence-electron chi connectivity index (χ4n) is 2.31. The van der Waals surface area contributed by atoms with E-state index >= 15 is 0 Å². The first-order valence-electron chi connectivity index (χ1n) is 7.60. The third-order valence-electron chi connectivity index (χ3n) is 4.02. The van der Waals surface area contributed by atoms with Gasteiger partial charge in [0.05, 0.1) is 11.5 Å². The number of rotatable bonds is 5. The van der Waals surface area contributed by atoms with E-state index in [1.165, 1.54) is 0 Å². The van der Waals surface area contributed by atoms with Gasteiger partial charge in [0, 0.05) is 13.0 Å². The highest BCUT2D eigenvalue weighted by atomic mass is 19.4. The van der Waals surface area contributed by atoms with Crippen molar-refractivity contribution in [1.29, 1.82) is 0 Å². The minimum absolute atomic E-state index is 0.134. The molecule has 0 radical (unpaired) electrons. The lowest BCUT2D eigenvalue weighted by Crippen LogP contribution is -2.39. The molecular formula is C18H20F3NO2. The molecule has 0 fully saturated rings. The molecule has 2 aromatic carbocycles. The average molecular weight is 339 g/mol. The van der Waals surface area contributed by atoms with Crippen LogP contribution in [-0.2, 0) is 4.79 Å². The molecule has 2 aromatic rings. The van der Waals surface area contributed by atoms with Gasteiger partial charge in [0.2, 0.25) is 5.91 Å². The standard InChI is InChI=1S/C18H20F3NO2/c1-17(2,18(19,20)21)10-16(24)22-11-15(23)14-8-7-12-5-3-4-6-13(12)9-14/h3-9,15,23H,10-11H2,1-2H3,(H,22,24)/t15-/m0/s1. The van der Waals surface area contributed by atoms with Crippen LogP contribution in [-0.4, -0.2) is 23.7 Å². The highest BCUT2D eigenvalue weighted by molar-refractivity contribution is 5.83. The van der Waals surface area contributed by atoms with E-state index in [2.05, 4.69) is 5.32 Å². The lowest BCUT2D eigenvalue weighted by molar-refractivity contribution is -0.213. The molecule has 1 atom stereocenters. The minimum Gasteiger partial charge on any atom is -0.387 e. The zero-order valence-corrected chi connectivity index (χ0v) is 13.5. The number of amides is 1. The largest absolute Gasteiger partial charge is 0.394 e. The second-order valence-electron chi connectivity index (χ2n) is 6.48. The number of carbonyl (C=O) groups excluding carboxylic acids is 1. The van der Waals surface area contributed by atoms with E-state index in [1.807, 2.05) is 30.3 Å². The predicted octanol–water partition coefficient (Wildman–Crippen LogP) is 3.97. The van der Waals surface area contributed by atoms with Crippen molar-refractivity contribution >= 4 is 16.7 Å². The van der Waals surface area contributed by atoms with E-state index in [1.54, 1.807) is 12.1 Å². The Morgan fingerprint density at radius 2 is 1.75 bits per heavy atom. The van der Waals surface area contributed by atoms with Crippen LogP contribution in [0.5, 0.6) is 0 Å². The predicted molar refractivity (Wildman–Crippen MR) is 86.4 cm³/mol. The Morgan fingerprint density at radius 3 is 2.38 bits per heavy atom. The van der Waals surface area contributed by atoms with Crippen LogP contribution >= 0.6 is 0 Å². The number of aliphatic hydroxyl groups excluding tert-OH is 1. The van der Waals surface area contributed by atoms with Gasteiger partial charge in [-0.1, -0.05) is 50.2 Å². The Bertz CT molecular complexity index is 726. The molecule has 3 nitrogen and oxygen atoms in total. The van der Waals surface area contributed by atoms with Crippen molar-refractivity contribution in [3.8, 4) is 0 Å². The molecule has 0 saturated heterocycles. The Balaban J connectivity index is 1.96. The summed E-state index contributed by atoms with van der Waals surface area (Å²) in [7, 11) is 0. The van der Waals surface area contributed by atoms with Crippen molar-refractivity contribution in [2.45, 2.75) is 32.5 Å². The Kier molecular flexibility index (Phi) is 5.18. The fraction of sp³-hybridized carbons (Fsp3) is 0.389. The molecule has 1 amide bonds. The van der Waals surface area contributed by atoms with Gasteiger partial charge in [0.15, 0.2) is 0 Å². The molecule has 0 heterocycles. The first kappa shape index (κ1) is 18.3. The second kappa shape index (κ2) is 6.81. The zero-order valence-electron chi connectivity index (χ0n) is 13.5. The Labute approximate surface area is 138 Å². The fourth-order valence-corrected chi connectivity index (χ4v) is 2.31. The summed E-state index contributed by atoms with van der Waals surface area (Å²) in [6, 6.07) is 13.0. The van der Waals surface area contributed by atoms with Crippen molar-refractivity contribution in [3.63, 3.8) is 0 Å². The van der Waals surface area contributed by atoms with Crippen LogP contribution in [0.15, 0.2) is 42.5 Å². The van der Waals surface area contributed by atoms with Crippen LogP contribution in [0.2, 0.25) is 0 Å². The maximum absolute atomic E-state index is 12.8. The molecule has 24 heavy (non-hydrogen) atoms. The molecule has 0 saturated carbocycles. The summed E-state index contributed by atoms with van der Waals surface area (Å²) < 4.78 is 38.3. The molecular weight excluding hydrogens is 319 g/mol. The van der Waals surface area contributed by atoms with Gasteiger partial charge >= 0.3 is 6.18 Å². The van der Waals surface area contributed by atoms with E-state index in [0.29, 0.717) is 5.56 Å². The minimum atomic E-state index is -4.46. The SMILES string of the molecule is CC(C)(CC(=O)NC[C@H](O)c1ccc2ccccc2c1)C(F)(F)F. The van der Waals surface area contributed by atoms with E-state index in [9.17, 15) is 23.1 Å². The quantitative estimate of drug-likeness (QED) is 0.866. The van der Waals surface area contributed by atoms with Gasteiger partial charge in [-0.25, -0.2) is 0 Å². The summed E-state index contributed by atoms with van der Waals surface area (Å²) in [5.74, 6) is -0.739. The van der Waals surface area contributed by atoms with Gasteiger partial charge in [-0.2, -0.15) is 13.2 Å². The van der Waals surface area contributed by atoms with Crippen LogP contribution in [0.1, 0.15) is 31.9 Å². The van der Waals surface area contributed by atoms with E-state index in [0.717, 1.165) is 24.6 Å². The van der Waals surface area contributed by atoms with Crippen molar-refractivity contribution < 1.29 is 23.1 Å². The van der Waals surface area contributed by atoms with Gasteiger partial charge in [-0.15, -0.1) is 0 Å². The molecule has 2 N–H and O–H groups in total. The molecule has 6 heteroatoms. The van der Waals surface area contributed by atoms with Gasteiger partial charge in [-0.05, 0) is 22.4 Å². The van der Waals surface area contributed by atoms with Crippen LogP contribution < -0.4 is 5.32 Å². The summed E-state index contributed by atoms with van der Waals surface area (Å²) in [6.45, 7) is 1.82. The molecule has 0 aliphatic heterocycles. The van der Waals surface area contributed by atoms with Crippen molar-refractivity contribution in [1.82, 2.24) is 5.32 Å². The highest BCUT2D eigenvalue weighted by Gasteiger charge is 2.48. The molecule has 0 aliphatic carbocycles. The van der Waals surface area contributed by atoms with Crippen molar-refractivity contribution in [2.24, 2.45) is 5.41 Å². The second-order valence-corrected chi connectivity index (χ2v) is 6.48. The molecule has 2 rings (SSSR count). The molecule has 0 aliphatic rings. The lowest BCUT2D eigenvalue weighted by Gasteiger charge is -2.27. The Hall–Kier alpha value is -2.08. The van der Waals surface area contributed by atoms with Crippen LogP contribution in [0.3, 0.4) is 0 Å². The van der Waals surface area contributed by atoms with E-state index in [-0.39, 0.29) is 6.54 Å². The third kappa shape index (κ3) is 4.26. The van der Waals surface area contributed by atoms with Crippen LogP contribution in [0.4, 0.5) is 13.2 Å². The number of fused-ring (bicyclic) bond motifs is 1. The number of carbonyl (C=O) groups is 1. The first-order chi connectivity index (χ1) is 11.1. The number of aliphatic hydroxyl groups is 1. The van der Waals surface area contributed by atoms with Gasteiger partial charge < -0.3 is 10.4 Å². The van der Waals surface area contributed by atoms with Crippen LogP contribution in [0.25, 0.3) is 10.8 Å². The molecule has 0 spiro atoms. The summed E-state index contributed by atoms with van der Waals surface area (Å²) in [5, 5.41) is 14.5. The number of hydrogen-bond donors (Lipinski definition) is 2. The highest BCUT2D eigenvalue weighted by Crippen LogP contribution is 2.40.